The van der Waals surface area contributed by atoms with Gasteiger partial charge in [0.25, 0.3) is 0 Å². The van der Waals surface area contributed by atoms with Gasteiger partial charge in [0.05, 0.1) is 7.11 Å². The number of nitrogens with one attached hydrogen (secondary N) is 3. The number of anilines is 2. The lowest BCUT2D eigenvalue weighted by Gasteiger charge is -2.16. The number of methoxy groups -OCH3 is 1. The van der Waals surface area contributed by atoms with Gasteiger partial charge in [-0.1, -0.05) is 19.9 Å². The van der Waals surface area contributed by atoms with Crippen LogP contribution in [-0.4, -0.2) is 30.4 Å². The van der Waals surface area contributed by atoms with Crippen molar-refractivity contribution in [1.82, 2.24) is 5.32 Å². The van der Waals surface area contributed by atoms with E-state index in [9.17, 15) is 9.59 Å². The lowest BCUT2D eigenvalue weighted by Crippen LogP contribution is -2.37. The first kappa shape index (κ1) is 20.9. The Labute approximate surface area is 163 Å². The van der Waals surface area contributed by atoms with Gasteiger partial charge in [0, 0.05) is 29.5 Å². The molecule has 4 N–H and O–H groups in total. The summed E-state index contributed by atoms with van der Waals surface area (Å²) in [4.78, 5) is 22.9. The molecule has 8 nitrogen and oxygen atoms in total. The molecule has 2 aromatic rings. The molecule has 0 bridgehead atoms. The van der Waals surface area contributed by atoms with Crippen molar-refractivity contribution in [2.75, 3.05) is 17.7 Å². The van der Waals surface area contributed by atoms with Crippen LogP contribution >= 0.6 is 0 Å². The molecule has 0 saturated carbocycles. The number of carbonyl (C=O) groups excluding carboxylic acids is 1. The summed E-state index contributed by atoms with van der Waals surface area (Å²) in [5.41, 5.74) is 0.953. The highest BCUT2D eigenvalue weighted by Crippen LogP contribution is 2.34. The molecule has 28 heavy (non-hydrogen) atoms. The minimum absolute atomic E-state index is 0.121. The van der Waals surface area contributed by atoms with Gasteiger partial charge >= 0.3 is 12.1 Å². The van der Waals surface area contributed by atoms with Crippen molar-refractivity contribution in [2.45, 2.75) is 32.7 Å². The van der Waals surface area contributed by atoms with Gasteiger partial charge in [0.1, 0.15) is 5.75 Å². The van der Waals surface area contributed by atoms with E-state index < -0.39 is 6.09 Å². The SMILES string of the molecule is CCC(CC)NC(=O)Nc1ccc(Oc2cccc(NC(=O)O)c2)c(OC)c1. The fourth-order valence-corrected chi connectivity index (χ4v) is 2.56. The quantitative estimate of drug-likeness (QED) is 0.516. The molecule has 0 aliphatic carbocycles. The molecule has 150 valence electrons. The first-order valence-corrected chi connectivity index (χ1v) is 8.98. The Morgan fingerprint density at radius 2 is 1.71 bits per heavy atom. The van der Waals surface area contributed by atoms with Crippen molar-refractivity contribution < 1.29 is 24.2 Å². The Morgan fingerprint density at radius 1 is 1.00 bits per heavy atom. The maximum absolute atomic E-state index is 12.1. The van der Waals surface area contributed by atoms with E-state index in [4.69, 9.17) is 14.6 Å². The van der Waals surface area contributed by atoms with Crippen molar-refractivity contribution in [3.05, 3.63) is 42.5 Å². The van der Waals surface area contributed by atoms with Crippen LogP contribution in [0.4, 0.5) is 21.0 Å². The predicted molar refractivity (Wildman–Crippen MR) is 108 cm³/mol. The summed E-state index contributed by atoms with van der Waals surface area (Å²) in [6, 6.07) is 11.4. The lowest BCUT2D eigenvalue weighted by molar-refractivity contribution is 0.209. The maximum atomic E-state index is 12.1. The van der Waals surface area contributed by atoms with E-state index in [0.717, 1.165) is 12.8 Å². The third-order valence-electron chi connectivity index (χ3n) is 4.06. The standard InChI is InChI=1S/C20H25N3O5/c1-4-13(5-2)21-19(24)22-15-9-10-17(18(12-15)27-3)28-16-8-6-7-14(11-16)23-20(25)26/h6-13,23H,4-5H2,1-3H3,(H,25,26)(H2,21,22,24). The van der Waals surface area contributed by atoms with Crippen molar-refractivity contribution in [3.63, 3.8) is 0 Å². The Kier molecular flexibility index (Phi) is 7.50. The van der Waals surface area contributed by atoms with Crippen LogP contribution in [0.5, 0.6) is 17.2 Å². The van der Waals surface area contributed by atoms with Crippen molar-refractivity contribution in [3.8, 4) is 17.2 Å². The van der Waals surface area contributed by atoms with Crippen LogP contribution in [0, 0.1) is 0 Å². The number of benzene rings is 2. The molecule has 0 aromatic heterocycles. The maximum Gasteiger partial charge on any atom is 0.409 e. The molecule has 0 fully saturated rings. The fraction of sp³-hybridized carbons (Fsp3) is 0.300. The van der Waals surface area contributed by atoms with E-state index in [2.05, 4.69) is 16.0 Å². The summed E-state index contributed by atoms with van der Waals surface area (Å²) in [7, 11) is 1.50. The summed E-state index contributed by atoms with van der Waals surface area (Å²) < 4.78 is 11.1. The summed E-state index contributed by atoms with van der Waals surface area (Å²) in [5.74, 6) is 1.30. The van der Waals surface area contributed by atoms with Crippen LogP contribution < -0.4 is 25.4 Å². The minimum atomic E-state index is -1.16. The molecule has 2 rings (SSSR count). The number of carboxylic acid groups (broad SMARTS) is 1. The Hall–Kier alpha value is -3.42. The monoisotopic (exact) mass is 387 g/mol. The summed E-state index contributed by atoms with van der Waals surface area (Å²) in [6.07, 6.45) is 0.558. The van der Waals surface area contributed by atoms with E-state index in [-0.39, 0.29) is 12.1 Å². The molecule has 0 aliphatic rings. The molecular formula is C20H25N3O5. The number of rotatable bonds is 8. The number of hydrogen-bond acceptors (Lipinski definition) is 4. The third kappa shape index (κ3) is 6.08. The topological polar surface area (TPSA) is 109 Å². The summed E-state index contributed by atoms with van der Waals surface area (Å²) >= 11 is 0. The Morgan fingerprint density at radius 3 is 2.36 bits per heavy atom. The number of urea groups is 1. The predicted octanol–water partition coefficient (Wildman–Crippen LogP) is 4.89. The number of hydrogen-bond donors (Lipinski definition) is 4. The van der Waals surface area contributed by atoms with E-state index in [0.29, 0.717) is 28.6 Å². The summed E-state index contributed by atoms with van der Waals surface area (Å²) in [5, 5.41) is 16.8. The zero-order chi connectivity index (χ0) is 20.5. The van der Waals surface area contributed by atoms with Gasteiger partial charge in [-0.2, -0.15) is 0 Å². The smallest absolute Gasteiger partial charge is 0.409 e. The highest BCUT2D eigenvalue weighted by molar-refractivity contribution is 5.89. The second-order valence-electron chi connectivity index (χ2n) is 6.04. The second-order valence-corrected chi connectivity index (χ2v) is 6.04. The molecule has 0 spiro atoms. The number of carbonyl (C=O) groups is 2. The Bertz CT molecular complexity index is 821. The van der Waals surface area contributed by atoms with Gasteiger partial charge in [0.2, 0.25) is 0 Å². The first-order valence-electron chi connectivity index (χ1n) is 8.98. The highest BCUT2D eigenvalue weighted by atomic mass is 16.5. The molecule has 0 unspecified atom stereocenters. The van der Waals surface area contributed by atoms with Gasteiger partial charge in [-0.05, 0) is 37.1 Å². The molecule has 3 amide bonds. The van der Waals surface area contributed by atoms with Crippen molar-refractivity contribution >= 4 is 23.5 Å². The molecule has 0 heterocycles. The normalized spacial score (nSPS) is 10.3. The van der Waals surface area contributed by atoms with Crippen molar-refractivity contribution in [2.24, 2.45) is 0 Å². The van der Waals surface area contributed by atoms with E-state index in [1.807, 2.05) is 13.8 Å². The average molecular weight is 387 g/mol. The third-order valence-corrected chi connectivity index (χ3v) is 4.06. The van der Waals surface area contributed by atoms with Gasteiger partial charge in [-0.25, -0.2) is 9.59 Å². The molecule has 0 aliphatic heterocycles. The molecule has 0 atom stereocenters. The van der Waals surface area contributed by atoms with Gasteiger partial charge in [-0.15, -0.1) is 0 Å². The molecule has 2 aromatic carbocycles. The molecular weight excluding hydrogens is 362 g/mol. The van der Waals surface area contributed by atoms with E-state index in [1.54, 1.807) is 42.5 Å². The molecule has 0 saturated heterocycles. The molecule has 0 radical (unpaired) electrons. The fourth-order valence-electron chi connectivity index (χ4n) is 2.56. The van der Waals surface area contributed by atoms with Gasteiger partial charge in [0.15, 0.2) is 11.5 Å². The highest BCUT2D eigenvalue weighted by Gasteiger charge is 2.12. The van der Waals surface area contributed by atoms with Crippen LogP contribution in [0.15, 0.2) is 42.5 Å². The second kappa shape index (κ2) is 10.1. The zero-order valence-electron chi connectivity index (χ0n) is 16.1. The lowest BCUT2D eigenvalue weighted by atomic mass is 10.2. The van der Waals surface area contributed by atoms with Crippen LogP contribution in [-0.2, 0) is 0 Å². The zero-order valence-corrected chi connectivity index (χ0v) is 16.1. The molecule has 8 heteroatoms. The van der Waals surface area contributed by atoms with E-state index >= 15 is 0 Å². The largest absolute Gasteiger partial charge is 0.493 e. The minimum Gasteiger partial charge on any atom is -0.493 e. The van der Waals surface area contributed by atoms with Crippen LogP contribution in [0.1, 0.15) is 26.7 Å². The van der Waals surface area contributed by atoms with Gasteiger partial charge in [-0.3, -0.25) is 5.32 Å². The van der Waals surface area contributed by atoms with Crippen LogP contribution in [0.25, 0.3) is 0 Å². The number of ether oxygens (including phenoxy) is 2. The number of amides is 3. The van der Waals surface area contributed by atoms with E-state index in [1.165, 1.54) is 7.11 Å². The Balaban J connectivity index is 2.11. The van der Waals surface area contributed by atoms with Crippen LogP contribution in [0.2, 0.25) is 0 Å². The first-order chi connectivity index (χ1) is 13.4. The summed E-state index contributed by atoms with van der Waals surface area (Å²) in [6.45, 7) is 4.04. The van der Waals surface area contributed by atoms with Gasteiger partial charge < -0.3 is 25.2 Å². The van der Waals surface area contributed by atoms with Crippen LogP contribution in [0.3, 0.4) is 0 Å². The van der Waals surface area contributed by atoms with Crippen molar-refractivity contribution in [1.29, 1.82) is 0 Å². The average Bonchev–Trinajstić information content (AvgIpc) is 2.67.